The van der Waals surface area contributed by atoms with E-state index in [4.69, 9.17) is 0 Å². The number of hydrogen-bond donors (Lipinski definition) is 1. The fourth-order valence-corrected chi connectivity index (χ4v) is 2.49. The third kappa shape index (κ3) is 2.19. The lowest BCUT2D eigenvalue weighted by Gasteiger charge is -2.07. The quantitative estimate of drug-likeness (QED) is 0.770. The highest BCUT2D eigenvalue weighted by molar-refractivity contribution is 7.99. The van der Waals surface area contributed by atoms with E-state index in [1.54, 1.807) is 12.4 Å². The normalized spacial score (nSPS) is 22.1. The van der Waals surface area contributed by atoms with Gasteiger partial charge in [0.15, 0.2) is 0 Å². The second kappa shape index (κ2) is 4.07. The third-order valence-corrected chi connectivity index (χ3v) is 3.49. The van der Waals surface area contributed by atoms with Crippen LogP contribution in [0, 0.1) is 6.92 Å². The fraction of sp³-hybridized carbons (Fsp3) is 0.556. The van der Waals surface area contributed by atoms with Crippen LogP contribution in [0.1, 0.15) is 12.1 Å². The topological polar surface area (TPSA) is 37.8 Å². The first-order valence-electron chi connectivity index (χ1n) is 4.51. The fourth-order valence-electron chi connectivity index (χ4n) is 1.40. The van der Waals surface area contributed by atoms with Crippen LogP contribution in [0.5, 0.6) is 0 Å². The Bertz CT molecular complexity index is 284. The van der Waals surface area contributed by atoms with Crippen LogP contribution >= 0.6 is 11.8 Å². The molecule has 0 bridgehead atoms. The van der Waals surface area contributed by atoms with Gasteiger partial charge in [-0.3, -0.25) is 4.98 Å². The van der Waals surface area contributed by atoms with Crippen LogP contribution in [0.4, 0.5) is 0 Å². The maximum atomic E-state index is 4.31. The zero-order valence-electron chi connectivity index (χ0n) is 7.66. The number of nitrogens with zero attached hydrogens (tertiary/aromatic N) is 2. The minimum atomic E-state index is 0.676. The molecule has 1 aromatic heterocycles. The van der Waals surface area contributed by atoms with Gasteiger partial charge >= 0.3 is 0 Å². The van der Waals surface area contributed by atoms with Gasteiger partial charge < -0.3 is 5.32 Å². The first-order valence-corrected chi connectivity index (χ1v) is 5.39. The summed E-state index contributed by atoms with van der Waals surface area (Å²) in [4.78, 5) is 8.53. The van der Waals surface area contributed by atoms with E-state index in [0.29, 0.717) is 5.25 Å². The molecule has 1 saturated heterocycles. The van der Waals surface area contributed by atoms with Crippen LogP contribution in [0.2, 0.25) is 0 Å². The molecule has 3 nitrogen and oxygen atoms in total. The van der Waals surface area contributed by atoms with Gasteiger partial charge in [-0.25, -0.2) is 4.98 Å². The van der Waals surface area contributed by atoms with E-state index < -0.39 is 0 Å². The van der Waals surface area contributed by atoms with Crippen LogP contribution in [-0.2, 0) is 0 Å². The van der Waals surface area contributed by atoms with E-state index >= 15 is 0 Å². The summed E-state index contributed by atoms with van der Waals surface area (Å²) in [5.74, 6) is 0. The van der Waals surface area contributed by atoms with Gasteiger partial charge in [0.25, 0.3) is 0 Å². The molecule has 0 radical (unpaired) electrons. The van der Waals surface area contributed by atoms with Crippen molar-refractivity contribution < 1.29 is 0 Å². The van der Waals surface area contributed by atoms with Gasteiger partial charge in [0.05, 0.1) is 5.69 Å². The molecule has 0 unspecified atom stereocenters. The van der Waals surface area contributed by atoms with Crippen LogP contribution in [0.25, 0.3) is 0 Å². The second-order valence-corrected chi connectivity index (χ2v) is 4.47. The predicted molar refractivity (Wildman–Crippen MR) is 53.9 cm³/mol. The molecule has 1 aromatic rings. The molecule has 70 valence electrons. The monoisotopic (exact) mass is 195 g/mol. The number of nitrogens with one attached hydrogen (secondary N) is 1. The van der Waals surface area contributed by atoms with Gasteiger partial charge in [-0.1, -0.05) is 11.8 Å². The Morgan fingerprint density at radius 3 is 3.00 bits per heavy atom. The first-order chi connectivity index (χ1) is 6.36. The molecular weight excluding hydrogens is 182 g/mol. The van der Waals surface area contributed by atoms with Crippen molar-refractivity contribution >= 4 is 11.8 Å². The molecule has 0 aromatic carbocycles. The molecule has 0 aliphatic carbocycles. The van der Waals surface area contributed by atoms with Gasteiger partial charge in [-0.15, -0.1) is 0 Å². The van der Waals surface area contributed by atoms with Crippen LogP contribution in [0.15, 0.2) is 17.4 Å². The Balaban J connectivity index is 2.04. The van der Waals surface area contributed by atoms with Crippen molar-refractivity contribution in [2.24, 2.45) is 0 Å². The average molecular weight is 195 g/mol. The van der Waals surface area contributed by atoms with Crippen LogP contribution in [0.3, 0.4) is 0 Å². The molecule has 13 heavy (non-hydrogen) atoms. The standard InChI is InChI=1S/C9H13N3S/c1-7-9(12-5-4-11-7)13-8-2-3-10-6-8/h4-5,8,10H,2-3,6H2,1H3/t8-/m1/s1. The highest BCUT2D eigenvalue weighted by atomic mass is 32.2. The predicted octanol–water partition coefficient (Wildman–Crippen LogP) is 1.24. The highest BCUT2D eigenvalue weighted by Crippen LogP contribution is 2.26. The Hall–Kier alpha value is -0.610. The number of aryl methyl sites for hydroxylation is 1. The lowest BCUT2D eigenvalue weighted by molar-refractivity contribution is 0.858. The molecule has 0 amide bonds. The lowest BCUT2D eigenvalue weighted by Crippen LogP contribution is -2.10. The molecule has 1 aliphatic rings. The van der Waals surface area contributed by atoms with Crippen LogP contribution in [-0.4, -0.2) is 28.3 Å². The van der Waals surface area contributed by atoms with Crippen molar-refractivity contribution in [3.63, 3.8) is 0 Å². The van der Waals surface area contributed by atoms with Crippen molar-refractivity contribution in [2.45, 2.75) is 23.6 Å². The van der Waals surface area contributed by atoms with Gasteiger partial charge in [-0.05, 0) is 19.9 Å². The van der Waals surface area contributed by atoms with Gasteiger partial charge in [-0.2, -0.15) is 0 Å². The van der Waals surface area contributed by atoms with Crippen molar-refractivity contribution in [1.29, 1.82) is 0 Å². The summed E-state index contributed by atoms with van der Waals surface area (Å²) in [6.45, 7) is 4.25. The van der Waals surface area contributed by atoms with E-state index in [2.05, 4.69) is 15.3 Å². The summed E-state index contributed by atoms with van der Waals surface area (Å²) < 4.78 is 0. The van der Waals surface area contributed by atoms with Crippen molar-refractivity contribution in [1.82, 2.24) is 15.3 Å². The molecule has 1 fully saturated rings. The largest absolute Gasteiger partial charge is 0.316 e. The van der Waals surface area contributed by atoms with Gasteiger partial charge in [0.1, 0.15) is 5.03 Å². The Labute approximate surface area is 82.4 Å². The second-order valence-electron chi connectivity index (χ2n) is 3.18. The summed E-state index contributed by atoms with van der Waals surface area (Å²) >= 11 is 1.84. The Morgan fingerprint density at radius 2 is 2.31 bits per heavy atom. The van der Waals surface area contributed by atoms with Crippen molar-refractivity contribution in [3.8, 4) is 0 Å². The van der Waals surface area contributed by atoms with E-state index in [0.717, 1.165) is 23.8 Å². The first kappa shape index (κ1) is 8.97. The number of aromatic nitrogens is 2. The maximum Gasteiger partial charge on any atom is 0.118 e. The molecule has 0 spiro atoms. The molecule has 0 saturated carbocycles. The van der Waals surface area contributed by atoms with Gasteiger partial charge in [0, 0.05) is 24.2 Å². The Kier molecular flexibility index (Phi) is 2.80. The number of rotatable bonds is 2. The molecule has 2 heterocycles. The summed E-state index contributed by atoms with van der Waals surface area (Å²) in [7, 11) is 0. The summed E-state index contributed by atoms with van der Waals surface area (Å²) in [5, 5.41) is 5.10. The highest BCUT2D eigenvalue weighted by Gasteiger charge is 2.17. The van der Waals surface area contributed by atoms with E-state index in [9.17, 15) is 0 Å². The number of hydrogen-bond acceptors (Lipinski definition) is 4. The molecular formula is C9H13N3S. The molecule has 1 N–H and O–H groups in total. The SMILES string of the molecule is Cc1nccnc1S[C@@H]1CCNC1. The molecule has 1 atom stereocenters. The zero-order chi connectivity index (χ0) is 9.10. The van der Waals surface area contributed by atoms with E-state index in [-0.39, 0.29) is 0 Å². The maximum absolute atomic E-state index is 4.31. The summed E-state index contributed by atoms with van der Waals surface area (Å²) in [6.07, 6.45) is 4.74. The van der Waals surface area contributed by atoms with Crippen LogP contribution < -0.4 is 5.32 Å². The number of thioether (sulfide) groups is 1. The lowest BCUT2D eigenvalue weighted by atomic mass is 10.4. The smallest absolute Gasteiger partial charge is 0.118 e. The van der Waals surface area contributed by atoms with Gasteiger partial charge in [0.2, 0.25) is 0 Å². The minimum absolute atomic E-state index is 0.676. The van der Waals surface area contributed by atoms with E-state index in [1.165, 1.54) is 6.42 Å². The van der Waals surface area contributed by atoms with E-state index in [1.807, 2.05) is 18.7 Å². The molecule has 1 aliphatic heterocycles. The Morgan fingerprint density at radius 1 is 1.46 bits per heavy atom. The summed E-state index contributed by atoms with van der Waals surface area (Å²) in [6, 6.07) is 0. The molecule has 2 rings (SSSR count). The van der Waals surface area contributed by atoms with Crippen molar-refractivity contribution in [2.75, 3.05) is 13.1 Å². The minimum Gasteiger partial charge on any atom is -0.316 e. The summed E-state index contributed by atoms with van der Waals surface area (Å²) in [5.41, 5.74) is 1.04. The molecule has 4 heteroatoms. The van der Waals surface area contributed by atoms with Crippen molar-refractivity contribution in [3.05, 3.63) is 18.1 Å². The zero-order valence-corrected chi connectivity index (χ0v) is 8.47. The third-order valence-electron chi connectivity index (χ3n) is 2.13. The average Bonchev–Trinajstić information content (AvgIpc) is 2.61.